The van der Waals surface area contributed by atoms with Gasteiger partial charge < -0.3 is 9.47 Å². The van der Waals surface area contributed by atoms with E-state index in [2.05, 4.69) is 34.1 Å². The van der Waals surface area contributed by atoms with Gasteiger partial charge in [0.1, 0.15) is 11.5 Å². The molecule has 8 heteroatoms. The van der Waals surface area contributed by atoms with Crippen LogP contribution in [0.15, 0.2) is 77.9 Å². The quantitative estimate of drug-likeness (QED) is 0.415. The Morgan fingerprint density at radius 3 is 2.34 bits per heavy atom. The highest BCUT2D eigenvalue weighted by atomic mass is 35.5. The predicted molar refractivity (Wildman–Crippen MR) is 150 cm³/mol. The number of hydrogen-bond acceptors (Lipinski definition) is 6. The van der Waals surface area contributed by atoms with E-state index in [0.29, 0.717) is 29.5 Å². The molecule has 0 radical (unpaired) electrons. The number of amides is 1. The van der Waals surface area contributed by atoms with Gasteiger partial charge in [0.15, 0.2) is 0 Å². The fourth-order valence-corrected chi connectivity index (χ4v) is 5.40. The molecule has 3 aromatic rings. The third-order valence-corrected chi connectivity index (χ3v) is 7.55. The molecule has 0 bridgehead atoms. The zero-order chi connectivity index (χ0) is 26.5. The van der Waals surface area contributed by atoms with Gasteiger partial charge in [-0.15, -0.1) is 0 Å². The molecule has 1 amide bonds. The van der Waals surface area contributed by atoms with Gasteiger partial charge in [0, 0.05) is 55.3 Å². The Labute approximate surface area is 229 Å². The number of carbonyl (C=O) groups is 1. The smallest absolute Gasteiger partial charge is 0.257 e. The fourth-order valence-electron chi connectivity index (χ4n) is 5.15. The highest BCUT2D eigenvalue weighted by Crippen LogP contribution is 2.40. The van der Waals surface area contributed by atoms with E-state index >= 15 is 0 Å². The largest absolute Gasteiger partial charge is 0.497 e. The summed E-state index contributed by atoms with van der Waals surface area (Å²) in [6.07, 6.45) is 0.532. The van der Waals surface area contributed by atoms with Crippen LogP contribution in [0.4, 0.5) is 0 Å². The van der Waals surface area contributed by atoms with Gasteiger partial charge in [0.25, 0.3) is 5.91 Å². The number of halogens is 1. The molecular weight excluding hydrogens is 500 g/mol. The monoisotopic (exact) mass is 532 g/mol. The third-order valence-electron chi connectivity index (χ3n) is 7.22. The molecular formula is C30H33ClN4O3. The topological polar surface area (TPSA) is 57.6 Å². The minimum absolute atomic E-state index is 0.0431. The molecule has 0 aromatic heterocycles. The van der Waals surface area contributed by atoms with Gasteiger partial charge in [-0.1, -0.05) is 60.1 Å². The van der Waals surface area contributed by atoms with E-state index in [1.807, 2.05) is 48.5 Å². The molecule has 3 aromatic carbocycles. The lowest BCUT2D eigenvalue weighted by atomic mass is 9.97. The molecule has 198 valence electrons. The minimum Gasteiger partial charge on any atom is -0.497 e. The van der Waals surface area contributed by atoms with Crippen LogP contribution >= 0.6 is 11.6 Å². The molecule has 2 aliphatic rings. The fraction of sp³-hybridized carbons (Fsp3) is 0.333. The number of hydrazone groups is 1. The van der Waals surface area contributed by atoms with Crippen molar-refractivity contribution in [2.24, 2.45) is 5.10 Å². The summed E-state index contributed by atoms with van der Waals surface area (Å²) in [5.74, 6) is 1.35. The molecule has 7 nitrogen and oxygen atoms in total. The van der Waals surface area contributed by atoms with Crippen molar-refractivity contribution in [1.29, 1.82) is 0 Å². The van der Waals surface area contributed by atoms with Crippen molar-refractivity contribution in [1.82, 2.24) is 14.8 Å². The van der Waals surface area contributed by atoms with E-state index in [9.17, 15) is 4.79 Å². The second-order valence-electron chi connectivity index (χ2n) is 9.63. The van der Waals surface area contributed by atoms with Gasteiger partial charge in [-0.25, -0.2) is 5.01 Å². The molecule has 1 atom stereocenters. The van der Waals surface area contributed by atoms with Crippen molar-refractivity contribution in [3.8, 4) is 11.5 Å². The number of ether oxygens (including phenoxy) is 2. The molecule has 2 aliphatic heterocycles. The maximum Gasteiger partial charge on any atom is 0.257 e. The summed E-state index contributed by atoms with van der Waals surface area (Å²) >= 11 is 6.52. The van der Waals surface area contributed by atoms with Crippen LogP contribution < -0.4 is 9.47 Å². The molecule has 38 heavy (non-hydrogen) atoms. The first-order valence-corrected chi connectivity index (χ1v) is 13.3. The summed E-state index contributed by atoms with van der Waals surface area (Å²) in [7, 11) is 3.27. The Morgan fingerprint density at radius 1 is 0.921 bits per heavy atom. The SMILES string of the molecule is COc1ccc(OC)c(C2CC(c3ccccc3Cl)=NN2C(=O)CN2CCN(Cc3ccccc3)CC2)c1. The summed E-state index contributed by atoms with van der Waals surface area (Å²) in [6.45, 7) is 4.74. The lowest BCUT2D eigenvalue weighted by Gasteiger charge is -2.35. The highest BCUT2D eigenvalue weighted by molar-refractivity contribution is 6.34. The summed E-state index contributed by atoms with van der Waals surface area (Å²) in [6, 6.07) is 23.5. The Bertz CT molecular complexity index is 1290. The summed E-state index contributed by atoms with van der Waals surface area (Å²) in [5.41, 5.74) is 3.79. The number of benzene rings is 3. The van der Waals surface area contributed by atoms with Gasteiger partial charge in [-0.05, 0) is 29.8 Å². The number of nitrogens with zero attached hydrogens (tertiary/aromatic N) is 4. The van der Waals surface area contributed by atoms with Crippen LogP contribution in [-0.4, -0.2) is 73.4 Å². The van der Waals surface area contributed by atoms with Crippen LogP contribution in [0, 0.1) is 0 Å². The van der Waals surface area contributed by atoms with Crippen molar-refractivity contribution in [2.45, 2.75) is 19.0 Å². The van der Waals surface area contributed by atoms with E-state index in [0.717, 1.165) is 49.6 Å². The molecule has 0 spiro atoms. The normalized spacial score (nSPS) is 18.3. The second-order valence-corrected chi connectivity index (χ2v) is 10.0. The highest BCUT2D eigenvalue weighted by Gasteiger charge is 2.36. The van der Waals surface area contributed by atoms with Crippen molar-refractivity contribution in [3.63, 3.8) is 0 Å². The lowest BCUT2D eigenvalue weighted by Crippen LogP contribution is -2.49. The Kier molecular flexibility index (Phi) is 8.27. The Hall–Kier alpha value is -3.39. The molecule has 1 fully saturated rings. The first kappa shape index (κ1) is 26.2. The Balaban J connectivity index is 1.34. The van der Waals surface area contributed by atoms with Crippen molar-refractivity contribution < 1.29 is 14.3 Å². The number of piperazine rings is 1. The van der Waals surface area contributed by atoms with Crippen LogP contribution in [0.1, 0.15) is 29.2 Å². The molecule has 5 rings (SSSR count). The maximum absolute atomic E-state index is 13.7. The zero-order valence-electron chi connectivity index (χ0n) is 21.8. The summed E-state index contributed by atoms with van der Waals surface area (Å²) < 4.78 is 11.2. The van der Waals surface area contributed by atoms with Crippen LogP contribution in [0.5, 0.6) is 11.5 Å². The zero-order valence-corrected chi connectivity index (χ0v) is 22.6. The second kappa shape index (κ2) is 12.0. The van der Waals surface area contributed by atoms with Crippen molar-refractivity contribution >= 4 is 23.2 Å². The van der Waals surface area contributed by atoms with Gasteiger partial charge >= 0.3 is 0 Å². The van der Waals surface area contributed by atoms with Gasteiger partial charge in [-0.2, -0.15) is 5.10 Å². The predicted octanol–water partition coefficient (Wildman–Crippen LogP) is 4.85. The van der Waals surface area contributed by atoms with Crippen LogP contribution in [-0.2, 0) is 11.3 Å². The first-order chi connectivity index (χ1) is 18.6. The number of rotatable bonds is 8. The minimum atomic E-state index is -0.321. The van der Waals surface area contributed by atoms with Gasteiger partial charge in [0.2, 0.25) is 0 Å². The molecule has 1 saturated heterocycles. The van der Waals surface area contributed by atoms with E-state index in [1.54, 1.807) is 19.2 Å². The summed E-state index contributed by atoms with van der Waals surface area (Å²) in [5, 5.41) is 7.06. The number of hydrogen-bond donors (Lipinski definition) is 0. The molecule has 2 heterocycles. The number of methoxy groups -OCH3 is 2. The van der Waals surface area contributed by atoms with Crippen molar-refractivity contribution in [2.75, 3.05) is 46.9 Å². The van der Waals surface area contributed by atoms with Crippen LogP contribution in [0.3, 0.4) is 0 Å². The first-order valence-electron chi connectivity index (χ1n) is 12.9. The molecule has 0 N–H and O–H groups in total. The van der Waals surface area contributed by atoms with Crippen LogP contribution in [0.2, 0.25) is 5.02 Å². The molecule has 0 aliphatic carbocycles. The summed E-state index contributed by atoms with van der Waals surface area (Å²) in [4.78, 5) is 18.4. The van der Waals surface area contributed by atoms with E-state index in [1.165, 1.54) is 5.56 Å². The molecule has 0 saturated carbocycles. The lowest BCUT2D eigenvalue weighted by molar-refractivity contribution is -0.134. The maximum atomic E-state index is 13.7. The standard InChI is InChI=1S/C30H33ClN4O3/c1-37-23-12-13-29(38-2)25(18-23)28-19-27(24-10-6-7-11-26(24)31)32-35(28)30(36)21-34-16-14-33(15-17-34)20-22-8-4-3-5-9-22/h3-13,18,28H,14-17,19-21H2,1-2H3. The van der Waals surface area contributed by atoms with E-state index in [4.69, 9.17) is 26.2 Å². The molecule has 1 unspecified atom stereocenters. The Morgan fingerprint density at radius 2 is 1.63 bits per heavy atom. The number of carbonyl (C=O) groups excluding carboxylic acids is 1. The van der Waals surface area contributed by atoms with E-state index < -0.39 is 0 Å². The van der Waals surface area contributed by atoms with E-state index in [-0.39, 0.29) is 11.9 Å². The average molecular weight is 533 g/mol. The van der Waals surface area contributed by atoms with Gasteiger partial charge in [0.05, 0.1) is 32.5 Å². The van der Waals surface area contributed by atoms with Crippen LogP contribution in [0.25, 0.3) is 0 Å². The average Bonchev–Trinajstić information content (AvgIpc) is 3.40. The third kappa shape index (κ3) is 5.85. The van der Waals surface area contributed by atoms with Gasteiger partial charge in [-0.3, -0.25) is 14.6 Å². The van der Waals surface area contributed by atoms with Crippen molar-refractivity contribution in [3.05, 3.63) is 94.5 Å².